The van der Waals surface area contributed by atoms with Gasteiger partial charge < -0.3 is 5.32 Å². The highest BCUT2D eigenvalue weighted by molar-refractivity contribution is 8.18. The second-order valence-electron chi connectivity index (χ2n) is 6.53. The Hall–Kier alpha value is -2.20. The fourth-order valence-electron chi connectivity index (χ4n) is 2.61. The Morgan fingerprint density at radius 1 is 1.21 bits per heavy atom. The molecule has 0 spiro atoms. The molecule has 1 aromatic rings. The lowest BCUT2D eigenvalue weighted by Gasteiger charge is -2.13. The molecular weight excluding hydrogens is 419 g/mol. The molecule has 0 atom stereocenters. The molecular formula is C19H23FN2O5S2. The summed E-state index contributed by atoms with van der Waals surface area (Å²) in [6.07, 6.45) is 3.68. The van der Waals surface area contributed by atoms with Gasteiger partial charge in [0, 0.05) is 13.1 Å². The number of benzene rings is 1. The summed E-state index contributed by atoms with van der Waals surface area (Å²) < 4.78 is 36.7. The molecule has 158 valence electrons. The fourth-order valence-corrected chi connectivity index (χ4v) is 4.76. The van der Waals surface area contributed by atoms with Crippen LogP contribution in [0.15, 0.2) is 29.2 Å². The van der Waals surface area contributed by atoms with E-state index >= 15 is 0 Å². The van der Waals surface area contributed by atoms with Gasteiger partial charge >= 0.3 is 0 Å². The minimum atomic E-state index is -3.47. The maximum atomic E-state index is 13.0. The minimum Gasteiger partial charge on any atom is -0.353 e. The predicted octanol–water partition coefficient (Wildman–Crippen LogP) is 2.58. The predicted molar refractivity (Wildman–Crippen MR) is 110 cm³/mol. The van der Waals surface area contributed by atoms with E-state index in [1.165, 1.54) is 30.3 Å². The van der Waals surface area contributed by atoms with Crippen LogP contribution in [0.3, 0.4) is 0 Å². The summed E-state index contributed by atoms with van der Waals surface area (Å²) in [6, 6.07) is 5.48. The first-order valence-electron chi connectivity index (χ1n) is 9.20. The van der Waals surface area contributed by atoms with E-state index in [9.17, 15) is 27.2 Å². The van der Waals surface area contributed by atoms with Crippen molar-refractivity contribution in [1.29, 1.82) is 0 Å². The summed E-state index contributed by atoms with van der Waals surface area (Å²) in [5.41, 5.74) is 0.582. The van der Waals surface area contributed by atoms with Crippen molar-refractivity contribution in [3.8, 4) is 0 Å². The molecule has 0 saturated carbocycles. The van der Waals surface area contributed by atoms with E-state index < -0.39 is 38.5 Å². The van der Waals surface area contributed by atoms with E-state index in [4.69, 9.17) is 0 Å². The number of carbonyl (C=O) groups excluding carboxylic acids is 3. The number of amides is 3. The van der Waals surface area contributed by atoms with Crippen LogP contribution >= 0.6 is 11.8 Å². The van der Waals surface area contributed by atoms with Crippen LogP contribution in [-0.4, -0.2) is 55.0 Å². The number of nitrogens with zero attached hydrogens (tertiary/aromatic N) is 1. The SMILES string of the molecule is CCCCCS(=O)(=O)CC(=O)NCCN1C(=O)S/C(=C/c2ccc(F)cc2)C1=O. The number of hydrogen-bond acceptors (Lipinski definition) is 6. The molecule has 29 heavy (non-hydrogen) atoms. The summed E-state index contributed by atoms with van der Waals surface area (Å²) in [4.78, 5) is 37.4. The third kappa shape index (κ3) is 7.28. The van der Waals surface area contributed by atoms with Gasteiger partial charge in [0.15, 0.2) is 9.84 Å². The van der Waals surface area contributed by atoms with Crippen LogP contribution in [-0.2, 0) is 19.4 Å². The third-order valence-corrected chi connectivity index (χ3v) is 6.63. The topological polar surface area (TPSA) is 101 Å². The van der Waals surface area contributed by atoms with Gasteiger partial charge in [-0.3, -0.25) is 19.3 Å². The van der Waals surface area contributed by atoms with Crippen molar-refractivity contribution in [3.63, 3.8) is 0 Å². The van der Waals surface area contributed by atoms with Crippen molar-refractivity contribution in [2.24, 2.45) is 0 Å². The number of thioether (sulfide) groups is 1. The van der Waals surface area contributed by atoms with Gasteiger partial charge in [0.05, 0.1) is 10.7 Å². The molecule has 1 aliphatic rings. The van der Waals surface area contributed by atoms with E-state index in [0.717, 1.165) is 29.5 Å². The molecule has 1 N–H and O–H groups in total. The Labute approximate surface area is 173 Å². The highest BCUT2D eigenvalue weighted by Crippen LogP contribution is 2.31. The smallest absolute Gasteiger partial charge is 0.293 e. The highest BCUT2D eigenvalue weighted by Gasteiger charge is 2.34. The molecule has 3 amide bonds. The number of carbonyl (C=O) groups is 3. The standard InChI is InChI=1S/C19H23FN2O5S2/c1-2-3-4-11-29(26,27)13-17(23)21-9-10-22-18(24)16(28-19(22)25)12-14-5-7-15(20)8-6-14/h5-8,12H,2-4,9-11,13H2,1H3,(H,21,23)/b16-12+. The zero-order chi connectivity index (χ0) is 21.4. The summed E-state index contributed by atoms with van der Waals surface area (Å²) in [5, 5.41) is 1.95. The molecule has 7 nitrogen and oxygen atoms in total. The zero-order valence-corrected chi connectivity index (χ0v) is 17.7. The second kappa shape index (κ2) is 10.5. The van der Waals surface area contributed by atoms with Crippen LogP contribution in [0.5, 0.6) is 0 Å². The second-order valence-corrected chi connectivity index (χ2v) is 9.71. The first-order chi connectivity index (χ1) is 13.7. The van der Waals surface area contributed by atoms with Crippen LogP contribution in [0.4, 0.5) is 9.18 Å². The molecule has 1 heterocycles. The average molecular weight is 443 g/mol. The molecule has 0 unspecified atom stereocenters. The van der Waals surface area contributed by atoms with Crippen molar-refractivity contribution < 1.29 is 27.2 Å². The monoisotopic (exact) mass is 442 g/mol. The van der Waals surface area contributed by atoms with Crippen molar-refractivity contribution in [3.05, 3.63) is 40.6 Å². The van der Waals surface area contributed by atoms with Gasteiger partial charge in [-0.15, -0.1) is 0 Å². The number of sulfone groups is 1. The van der Waals surface area contributed by atoms with Crippen LogP contribution in [0, 0.1) is 5.82 Å². The lowest BCUT2D eigenvalue weighted by molar-refractivity contribution is -0.123. The molecule has 2 rings (SSSR count). The Morgan fingerprint density at radius 2 is 1.90 bits per heavy atom. The molecule has 0 aromatic heterocycles. The maximum Gasteiger partial charge on any atom is 0.293 e. The van der Waals surface area contributed by atoms with E-state index in [1.807, 2.05) is 6.92 Å². The van der Waals surface area contributed by atoms with E-state index in [1.54, 1.807) is 0 Å². The molecule has 0 bridgehead atoms. The van der Waals surface area contributed by atoms with Crippen molar-refractivity contribution in [2.75, 3.05) is 24.6 Å². The molecule has 1 saturated heterocycles. The number of imide groups is 1. The van der Waals surface area contributed by atoms with Crippen molar-refractivity contribution in [2.45, 2.75) is 26.2 Å². The van der Waals surface area contributed by atoms with Crippen molar-refractivity contribution in [1.82, 2.24) is 10.2 Å². The minimum absolute atomic E-state index is 0.0362. The summed E-state index contributed by atoms with van der Waals surface area (Å²) >= 11 is 0.757. The summed E-state index contributed by atoms with van der Waals surface area (Å²) in [5.74, 6) is -2.21. The number of rotatable bonds is 10. The normalized spacial score (nSPS) is 15.9. The number of nitrogens with one attached hydrogen (secondary N) is 1. The van der Waals surface area contributed by atoms with Crippen LogP contribution in [0.25, 0.3) is 6.08 Å². The molecule has 1 aromatic carbocycles. The third-order valence-electron chi connectivity index (χ3n) is 4.11. The summed E-state index contributed by atoms with van der Waals surface area (Å²) in [6.45, 7) is 1.86. The fraction of sp³-hybridized carbons (Fsp3) is 0.421. The van der Waals surface area contributed by atoms with Crippen LogP contribution in [0.2, 0.25) is 0 Å². The van der Waals surface area contributed by atoms with E-state index in [2.05, 4.69) is 5.32 Å². The van der Waals surface area contributed by atoms with E-state index in [-0.39, 0.29) is 23.7 Å². The van der Waals surface area contributed by atoms with E-state index in [0.29, 0.717) is 12.0 Å². The molecule has 10 heteroatoms. The first kappa shape index (κ1) is 23.1. The van der Waals surface area contributed by atoms with Gasteiger partial charge in [0.2, 0.25) is 5.91 Å². The van der Waals surface area contributed by atoms with Gasteiger partial charge in [-0.25, -0.2) is 12.8 Å². The number of halogens is 1. The van der Waals surface area contributed by atoms with Gasteiger partial charge in [0.25, 0.3) is 11.1 Å². The zero-order valence-electron chi connectivity index (χ0n) is 16.0. The van der Waals surface area contributed by atoms with Crippen LogP contribution < -0.4 is 5.32 Å². The Bertz CT molecular complexity index is 898. The molecule has 1 fully saturated rings. The largest absolute Gasteiger partial charge is 0.353 e. The molecule has 1 aliphatic heterocycles. The van der Waals surface area contributed by atoms with Gasteiger partial charge in [-0.05, 0) is 42.0 Å². The number of hydrogen-bond donors (Lipinski definition) is 1. The van der Waals surface area contributed by atoms with Crippen molar-refractivity contribution >= 4 is 44.7 Å². The van der Waals surface area contributed by atoms with Gasteiger partial charge in [0.1, 0.15) is 11.6 Å². The average Bonchev–Trinajstić information content (AvgIpc) is 2.90. The molecule has 0 aliphatic carbocycles. The maximum absolute atomic E-state index is 13.0. The quantitative estimate of drug-likeness (QED) is 0.442. The Kier molecular flexibility index (Phi) is 8.39. The highest BCUT2D eigenvalue weighted by atomic mass is 32.2. The molecule has 0 radical (unpaired) electrons. The first-order valence-corrected chi connectivity index (χ1v) is 11.8. The van der Waals surface area contributed by atoms with Gasteiger partial charge in [-0.1, -0.05) is 31.9 Å². The Balaban J connectivity index is 1.84. The van der Waals surface area contributed by atoms with Gasteiger partial charge in [-0.2, -0.15) is 0 Å². The lowest BCUT2D eigenvalue weighted by Crippen LogP contribution is -2.39. The Morgan fingerprint density at radius 3 is 2.55 bits per heavy atom. The lowest BCUT2D eigenvalue weighted by atomic mass is 10.2. The number of unbranched alkanes of at least 4 members (excludes halogenated alkanes) is 2. The van der Waals surface area contributed by atoms with Crippen LogP contribution in [0.1, 0.15) is 31.7 Å². The summed E-state index contributed by atoms with van der Waals surface area (Å²) in [7, 11) is -3.47.